The van der Waals surface area contributed by atoms with Gasteiger partial charge in [-0.15, -0.1) is 10.2 Å². The Bertz CT molecular complexity index is 522. The number of aryl methyl sites for hydroxylation is 1. The first-order valence-corrected chi connectivity index (χ1v) is 5.89. The van der Waals surface area contributed by atoms with E-state index in [1.54, 1.807) is 10.7 Å². The van der Waals surface area contributed by atoms with Crippen molar-refractivity contribution in [2.75, 3.05) is 5.75 Å². The number of aromatic nitrogens is 4. The maximum absolute atomic E-state index is 10.4. The molecule has 0 aromatic carbocycles. The fraction of sp³-hybridized carbons (Fsp3) is 0.333. The molecular formula is C9H10N4O3S. The molecule has 0 aliphatic carbocycles. The van der Waals surface area contributed by atoms with Gasteiger partial charge in [0, 0.05) is 12.7 Å². The molecule has 7 nitrogen and oxygen atoms in total. The zero-order chi connectivity index (χ0) is 12.3. The number of hydrogen-bond acceptors (Lipinski definition) is 6. The van der Waals surface area contributed by atoms with Gasteiger partial charge in [-0.1, -0.05) is 11.8 Å². The van der Waals surface area contributed by atoms with Crippen molar-refractivity contribution in [3.63, 3.8) is 0 Å². The Morgan fingerprint density at radius 2 is 2.41 bits per heavy atom. The van der Waals surface area contributed by atoms with E-state index in [1.165, 1.54) is 0 Å². The van der Waals surface area contributed by atoms with Crippen LogP contribution in [-0.4, -0.2) is 36.8 Å². The van der Waals surface area contributed by atoms with E-state index >= 15 is 0 Å². The van der Waals surface area contributed by atoms with Crippen molar-refractivity contribution in [2.24, 2.45) is 0 Å². The number of carboxylic acid groups (broad SMARTS) is 1. The number of hydrogen-bond donors (Lipinski definition) is 1. The molecule has 1 N–H and O–H groups in total. The van der Waals surface area contributed by atoms with Crippen LogP contribution in [0.5, 0.6) is 0 Å². The number of carbonyl (C=O) groups is 1. The molecular weight excluding hydrogens is 244 g/mol. The Morgan fingerprint density at radius 3 is 3.06 bits per heavy atom. The summed E-state index contributed by atoms with van der Waals surface area (Å²) in [5, 5.41) is 20.5. The Morgan fingerprint density at radius 1 is 1.59 bits per heavy atom. The van der Waals surface area contributed by atoms with Crippen molar-refractivity contribution in [3.8, 4) is 11.6 Å². The van der Waals surface area contributed by atoms with Crippen LogP contribution in [0.3, 0.4) is 0 Å². The molecule has 0 unspecified atom stereocenters. The molecule has 0 amide bonds. The van der Waals surface area contributed by atoms with E-state index in [0.717, 1.165) is 18.3 Å². The SMILES string of the molecule is CCn1ccc(-c2nnc(SCC(=O)O)o2)n1. The van der Waals surface area contributed by atoms with Crippen LogP contribution in [0.2, 0.25) is 0 Å². The van der Waals surface area contributed by atoms with Crippen molar-refractivity contribution in [3.05, 3.63) is 12.3 Å². The molecule has 2 rings (SSSR count). The molecule has 0 saturated carbocycles. The van der Waals surface area contributed by atoms with Crippen molar-refractivity contribution in [1.82, 2.24) is 20.0 Å². The second kappa shape index (κ2) is 5.00. The minimum absolute atomic E-state index is 0.106. The van der Waals surface area contributed by atoms with Gasteiger partial charge in [0.25, 0.3) is 11.1 Å². The minimum Gasteiger partial charge on any atom is -0.481 e. The van der Waals surface area contributed by atoms with Crippen LogP contribution < -0.4 is 0 Å². The van der Waals surface area contributed by atoms with Crippen molar-refractivity contribution in [1.29, 1.82) is 0 Å². The zero-order valence-electron chi connectivity index (χ0n) is 9.03. The third-order valence-electron chi connectivity index (χ3n) is 1.91. The Hall–Kier alpha value is -1.83. The maximum Gasteiger partial charge on any atom is 0.314 e. The lowest BCUT2D eigenvalue weighted by Gasteiger charge is -1.91. The highest BCUT2D eigenvalue weighted by molar-refractivity contribution is 7.99. The Kier molecular flexibility index (Phi) is 3.43. The average Bonchev–Trinajstić information content (AvgIpc) is 2.94. The highest BCUT2D eigenvalue weighted by Crippen LogP contribution is 2.21. The largest absolute Gasteiger partial charge is 0.481 e. The van der Waals surface area contributed by atoms with E-state index in [-0.39, 0.29) is 11.0 Å². The van der Waals surface area contributed by atoms with Gasteiger partial charge in [-0.25, -0.2) is 0 Å². The number of carboxylic acids is 1. The molecule has 8 heteroatoms. The van der Waals surface area contributed by atoms with Crippen molar-refractivity contribution < 1.29 is 14.3 Å². The van der Waals surface area contributed by atoms with Crippen LogP contribution in [0.4, 0.5) is 0 Å². The second-order valence-corrected chi connectivity index (χ2v) is 4.04. The monoisotopic (exact) mass is 254 g/mol. The van der Waals surface area contributed by atoms with Gasteiger partial charge < -0.3 is 9.52 Å². The summed E-state index contributed by atoms with van der Waals surface area (Å²) in [6, 6.07) is 1.77. The van der Waals surface area contributed by atoms with E-state index in [2.05, 4.69) is 15.3 Å². The van der Waals surface area contributed by atoms with E-state index in [4.69, 9.17) is 9.52 Å². The van der Waals surface area contributed by atoms with Gasteiger partial charge in [0.2, 0.25) is 0 Å². The minimum atomic E-state index is -0.926. The molecule has 0 radical (unpaired) electrons. The molecule has 0 atom stereocenters. The molecule has 2 heterocycles. The average molecular weight is 254 g/mol. The smallest absolute Gasteiger partial charge is 0.314 e. The predicted molar refractivity (Wildman–Crippen MR) is 59.6 cm³/mol. The predicted octanol–water partition coefficient (Wildman–Crippen LogP) is 1.13. The Balaban J connectivity index is 2.09. The first-order valence-electron chi connectivity index (χ1n) is 4.91. The lowest BCUT2D eigenvalue weighted by atomic mass is 10.4. The fourth-order valence-electron chi connectivity index (χ4n) is 1.15. The van der Waals surface area contributed by atoms with Gasteiger partial charge in [0.1, 0.15) is 11.4 Å². The first-order chi connectivity index (χ1) is 8.19. The maximum atomic E-state index is 10.4. The highest BCUT2D eigenvalue weighted by atomic mass is 32.2. The summed E-state index contributed by atoms with van der Waals surface area (Å²) in [5.74, 6) is -0.736. The molecule has 0 aliphatic rings. The number of rotatable bonds is 5. The van der Waals surface area contributed by atoms with Crippen LogP contribution in [-0.2, 0) is 11.3 Å². The molecule has 2 aromatic heterocycles. The van der Waals surface area contributed by atoms with Gasteiger partial charge in [-0.2, -0.15) is 5.10 Å². The topological polar surface area (TPSA) is 94.0 Å². The third kappa shape index (κ3) is 2.84. The van der Waals surface area contributed by atoms with E-state index in [1.807, 2.05) is 13.1 Å². The molecule has 0 bridgehead atoms. The van der Waals surface area contributed by atoms with Crippen LogP contribution in [0.15, 0.2) is 21.9 Å². The number of nitrogens with zero attached hydrogens (tertiary/aromatic N) is 4. The summed E-state index contributed by atoms with van der Waals surface area (Å²) in [6.45, 7) is 2.73. The first kappa shape index (κ1) is 11.6. The molecule has 0 spiro atoms. The number of aliphatic carboxylic acids is 1. The molecule has 17 heavy (non-hydrogen) atoms. The Labute approximate surface area is 101 Å². The summed E-state index contributed by atoms with van der Waals surface area (Å²) in [6.07, 6.45) is 1.81. The van der Waals surface area contributed by atoms with E-state index in [0.29, 0.717) is 11.6 Å². The standard InChI is InChI=1S/C9H10N4O3S/c1-2-13-4-3-6(12-13)8-10-11-9(16-8)17-5-7(14)15/h3-4H,2,5H2,1H3,(H,14,15). The molecule has 0 saturated heterocycles. The molecule has 2 aromatic rings. The summed E-state index contributed by atoms with van der Waals surface area (Å²) >= 11 is 0.982. The second-order valence-electron chi connectivity index (χ2n) is 3.11. The quantitative estimate of drug-likeness (QED) is 0.799. The normalized spacial score (nSPS) is 10.6. The fourth-order valence-corrected chi connectivity index (χ4v) is 1.63. The van der Waals surface area contributed by atoms with Gasteiger partial charge in [-0.05, 0) is 13.0 Å². The van der Waals surface area contributed by atoms with Gasteiger partial charge in [0.05, 0.1) is 0 Å². The summed E-state index contributed by atoms with van der Waals surface area (Å²) in [7, 11) is 0. The van der Waals surface area contributed by atoms with Gasteiger partial charge in [0.15, 0.2) is 0 Å². The summed E-state index contributed by atoms with van der Waals surface area (Å²) < 4.78 is 7.02. The third-order valence-corrected chi connectivity index (χ3v) is 2.71. The van der Waals surface area contributed by atoms with Crippen LogP contribution >= 0.6 is 11.8 Å². The molecule has 90 valence electrons. The van der Waals surface area contributed by atoms with E-state index in [9.17, 15) is 4.79 Å². The van der Waals surface area contributed by atoms with Crippen LogP contribution in [0.1, 0.15) is 6.92 Å². The number of thioether (sulfide) groups is 1. The highest BCUT2D eigenvalue weighted by Gasteiger charge is 2.12. The van der Waals surface area contributed by atoms with Crippen LogP contribution in [0.25, 0.3) is 11.6 Å². The summed E-state index contributed by atoms with van der Waals surface area (Å²) in [5.41, 5.74) is 0.585. The van der Waals surface area contributed by atoms with Crippen LogP contribution in [0, 0.1) is 0 Å². The van der Waals surface area contributed by atoms with Gasteiger partial charge in [-0.3, -0.25) is 9.48 Å². The molecule has 0 fully saturated rings. The molecule has 0 aliphatic heterocycles. The van der Waals surface area contributed by atoms with E-state index < -0.39 is 5.97 Å². The van der Waals surface area contributed by atoms with Crippen molar-refractivity contribution in [2.45, 2.75) is 18.7 Å². The zero-order valence-corrected chi connectivity index (χ0v) is 9.85. The van der Waals surface area contributed by atoms with Crippen molar-refractivity contribution >= 4 is 17.7 Å². The van der Waals surface area contributed by atoms with Gasteiger partial charge >= 0.3 is 5.97 Å². The lowest BCUT2D eigenvalue weighted by Crippen LogP contribution is -1.97. The lowest BCUT2D eigenvalue weighted by molar-refractivity contribution is -0.133. The summed E-state index contributed by atoms with van der Waals surface area (Å²) in [4.78, 5) is 10.4.